The molecule has 0 aliphatic rings. The minimum absolute atomic E-state index is 0.170. The number of hydrogen-bond acceptors (Lipinski definition) is 3. The first-order valence-corrected chi connectivity index (χ1v) is 7.82. The minimum Gasteiger partial charge on any atom is -0.376 e. The molecule has 3 aromatic rings. The quantitative estimate of drug-likeness (QED) is 0.557. The Labute approximate surface area is 141 Å². The van der Waals surface area contributed by atoms with E-state index in [1.807, 2.05) is 67.6 Å². The third-order valence-corrected chi connectivity index (χ3v) is 3.68. The summed E-state index contributed by atoms with van der Waals surface area (Å²) in [6, 6.07) is 22.1. The lowest BCUT2D eigenvalue weighted by Gasteiger charge is -2.06. The van der Waals surface area contributed by atoms with Gasteiger partial charge in [-0.3, -0.25) is 4.79 Å². The van der Waals surface area contributed by atoms with E-state index in [1.54, 1.807) is 6.21 Å². The number of rotatable bonds is 5. The minimum atomic E-state index is -0.188. The van der Waals surface area contributed by atoms with Crippen molar-refractivity contribution < 1.29 is 4.79 Å². The van der Waals surface area contributed by atoms with Crippen molar-refractivity contribution in [1.29, 1.82) is 0 Å². The first-order valence-electron chi connectivity index (χ1n) is 7.82. The third kappa shape index (κ3) is 4.20. The summed E-state index contributed by atoms with van der Waals surface area (Å²) in [7, 11) is 0. The zero-order valence-electron chi connectivity index (χ0n) is 13.5. The summed E-state index contributed by atoms with van der Waals surface area (Å²) in [5, 5.41) is 9.39. The second kappa shape index (κ2) is 7.42. The van der Waals surface area contributed by atoms with Gasteiger partial charge in [-0.2, -0.15) is 5.10 Å². The van der Waals surface area contributed by atoms with E-state index in [2.05, 4.69) is 21.9 Å². The number of fused-ring (bicyclic) bond motifs is 1. The fraction of sp³-hybridized carbons (Fsp3) is 0.100. The predicted octanol–water partition coefficient (Wildman–Crippen LogP) is 3.71. The Morgan fingerprint density at radius 2 is 1.75 bits per heavy atom. The van der Waals surface area contributed by atoms with Crippen molar-refractivity contribution in [2.75, 3.05) is 11.9 Å². The van der Waals surface area contributed by atoms with Crippen LogP contribution < -0.4 is 10.7 Å². The summed E-state index contributed by atoms with van der Waals surface area (Å²) in [5.41, 5.74) is 5.57. The van der Waals surface area contributed by atoms with E-state index in [-0.39, 0.29) is 12.5 Å². The molecule has 0 radical (unpaired) electrons. The first kappa shape index (κ1) is 15.7. The molecule has 0 spiro atoms. The van der Waals surface area contributed by atoms with Crippen molar-refractivity contribution in [3.8, 4) is 0 Å². The van der Waals surface area contributed by atoms with Gasteiger partial charge >= 0.3 is 0 Å². The van der Waals surface area contributed by atoms with E-state index in [0.29, 0.717) is 0 Å². The van der Waals surface area contributed by atoms with Crippen molar-refractivity contribution >= 4 is 28.6 Å². The Hall–Kier alpha value is -3.14. The van der Waals surface area contributed by atoms with Crippen LogP contribution in [0.25, 0.3) is 10.8 Å². The van der Waals surface area contributed by atoms with Gasteiger partial charge in [0.2, 0.25) is 0 Å². The second-order valence-electron chi connectivity index (χ2n) is 5.62. The van der Waals surface area contributed by atoms with Gasteiger partial charge in [0, 0.05) is 5.69 Å². The molecule has 0 fully saturated rings. The summed E-state index contributed by atoms with van der Waals surface area (Å²) in [5.74, 6) is -0.188. The Morgan fingerprint density at radius 3 is 2.54 bits per heavy atom. The Morgan fingerprint density at radius 1 is 1.00 bits per heavy atom. The number of carbonyl (C=O) groups excluding carboxylic acids is 1. The van der Waals surface area contributed by atoms with Gasteiger partial charge in [0.25, 0.3) is 5.91 Å². The lowest BCUT2D eigenvalue weighted by atomic mass is 10.1. The molecule has 0 aliphatic carbocycles. The normalized spacial score (nSPS) is 10.9. The lowest BCUT2D eigenvalue weighted by Crippen LogP contribution is -2.25. The van der Waals surface area contributed by atoms with Gasteiger partial charge in [0.1, 0.15) is 0 Å². The maximum absolute atomic E-state index is 11.8. The van der Waals surface area contributed by atoms with E-state index in [1.165, 1.54) is 10.9 Å². The monoisotopic (exact) mass is 317 g/mol. The van der Waals surface area contributed by atoms with E-state index in [0.717, 1.165) is 16.6 Å². The second-order valence-corrected chi connectivity index (χ2v) is 5.62. The highest BCUT2D eigenvalue weighted by Gasteiger charge is 2.00. The van der Waals surface area contributed by atoms with Gasteiger partial charge in [-0.05, 0) is 35.4 Å². The molecule has 3 aromatic carbocycles. The van der Waals surface area contributed by atoms with Crippen molar-refractivity contribution in [2.45, 2.75) is 6.92 Å². The number of hydrogen-bond donors (Lipinski definition) is 2. The van der Waals surface area contributed by atoms with Gasteiger partial charge in [0.05, 0.1) is 12.8 Å². The molecule has 1 amide bonds. The van der Waals surface area contributed by atoms with E-state index in [9.17, 15) is 4.79 Å². The van der Waals surface area contributed by atoms with Crippen LogP contribution in [0.15, 0.2) is 71.8 Å². The van der Waals surface area contributed by atoms with Crippen molar-refractivity contribution in [2.24, 2.45) is 5.10 Å². The standard InChI is InChI=1S/C20H19N3O/c1-15-6-8-16(9-7-15)13-22-23-20(24)14-21-19-11-10-17-4-2-3-5-18(17)12-19/h2-13,21H,14H2,1H3,(H,23,24)/b22-13+. The van der Waals surface area contributed by atoms with Crippen molar-refractivity contribution in [1.82, 2.24) is 5.43 Å². The Kier molecular flexibility index (Phi) is 4.87. The number of nitrogens with one attached hydrogen (secondary N) is 2. The summed E-state index contributed by atoms with van der Waals surface area (Å²) in [6.45, 7) is 2.20. The molecule has 2 N–H and O–H groups in total. The van der Waals surface area contributed by atoms with Gasteiger partial charge in [0.15, 0.2) is 0 Å². The largest absolute Gasteiger partial charge is 0.376 e. The Bertz CT molecular complexity index is 869. The van der Waals surface area contributed by atoms with Crippen LogP contribution in [-0.4, -0.2) is 18.7 Å². The summed E-state index contributed by atoms with van der Waals surface area (Å²) >= 11 is 0. The van der Waals surface area contributed by atoms with Crippen LogP contribution in [0.3, 0.4) is 0 Å². The topological polar surface area (TPSA) is 53.5 Å². The molecule has 0 aromatic heterocycles. The zero-order chi connectivity index (χ0) is 16.8. The maximum Gasteiger partial charge on any atom is 0.259 e. The molecule has 24 heavy (non-hydrogen) atoms. The molecule has 0 heterocycles. The molecule has 0 bridgehead atoms. The van der Waals surface area contributed by atoms with Gasteiger partial charge in [-0.25, -0.2) is 5.43 Å². The lowest BCUT2D eigenvalue weighted by molar-refractivity contribution is -0.119. The molecular formula is C20H19N3O. The number of anilines is 1. The van der Waals surface area contributed by atoms with Gasteiger partial charge in [-0.1, -0.05) is 60.2 Å². The smallest absolute Gasteiger partial charge is 0.259 e. The average Bonchev–Trinajstić information content (AvgIpc) is 2.61. The van der Waals surface area contributed by atoms with Crippen LogP contribution in [0.2, 0.25) is 0 Å². The summed E-state index contributed by atoms with van der Waals surface area (Å²) < 4.78 is 0. The van der Waals surface area contributed by atoms with E-state index < -0.39 is 0 Å². The predicted molar refractivity (Wildman–Crippen MR) is 99.4 cm³/mol. The van der Waals surface area contributed by atoms with Crippen LogP contribution >= 0.6 is 0 Å². The maximum atomic E-state index is 11.8. The molecule has 3 rings (SSSR count). The summed E-state index contributed by atoms with van der Waals surface area (Å²) in [4.78, 5) is 11.8. The van der Waals surface area contributed by atoms with Crippen molar-refractivity contribution in [3.05, 3.63) is 77.9 Å². The molecule has 0 saturated carbocycles. The molecule has 4 nitrogen and oxygen atoms in total. The number of benzene rings is 3. The van der Waals surface area contributed by atoms with Crippen LogP contribution in [0.1, 0.15) is 11.1 Å². The molecule has 4 heteroatoms. The van der Waals surface area contributed by atoms with Crippen LogP contribution in [0.5, 0.6) is 0 Å². The van der Waals surface area contributed by atoms with Crippen LogP contribution in [0.4, 0.5) is 5.69 Å². The first-order chi connectivity index (χ1) is 11.7. The Balaban J connectivity index is 1.52. The highest BCUT2D eigenvalue weighted by atomic mass is 16.2. The SMILES string of the molecule is Cc1ccc(/C=N/NC(=O)CNc2ccc3ccccc3c2)cc1. The third-order valence-electron chi connectivity index (χ3n) is 3.68. The molecule has 0 atom stereocenters. The molecular weight excluding hydrogens is 298 g/mol. The fourth-order valence-electron chi connectivity index (χ4n) is 2.35. The van der Waals surface area contributed by atoms with Gasteiger partial charge in [-0.15, -0.1) is 0 Å². The van der Waals surface area contributed by atoms with Crippen LogP contribution in [-0.2, 0) is 4.79 Å². The van der Waals surface area contributed by atoms with Gasteiger partial charge < -0.3 is 5.32 Å². The number of aryl methyl sites for hydroxylation is 1. The number of amides is 1. The molecule has 0 saturated heterocycles. The fourth-order valence-corrected chi connectivity index (χ4v) is 2.35. The highest BCUT2D eigenvalue weighted by Crippen LogP contribution is 2.18. The molecule has 0 unspecified atom stereocenters. The number of nitrogens with zero attached hydrogens (tertiary/aromatic N) is 1. The molecule has 120 valence electrons. The zero-order valence-corrected chi connectivity index (χ0v) is 13.5. The van der Waals surface area contributed by atoms with E-state index in [4.69, 9.17) is 0 Å². The molecule has 0 aliphatic heterocycles. The van der Waals surface area contributed by atoms with Crippen molar-refractivity contribution in [3.63, 3.8) is 0 Å². The average molecular weight is 317 g/mol. The number of carbonyl (C=O) groups is 1. The highest BCUT2D eigenvalue weighted by molar-refractivity contribution is 5.87. The number of hydrazone groups is 1. The summed E-state index contributed by atoms with van der Waals surface area (Å²) in [6.07, 6.45) is 1.63. The van der Waals surface area contributed by atoms with Crippen LogP contribution in [0, 0.1) is 6.92 Å². The van der Waals surface area contributed by atoms with E-state index >= 15 is 0 Å².